The fraction of sp³-hybridized carbons (Fsp3) is 0.667. The van der Waals surface area contributed by atoms with Crippen LogP contribution < -0.4 is 5.32 Å². The van der Waals surface area contributed by atoms with E-state index < -0.39 is 0 Å². The lowest BCUT2D eigenvalue weighted by Gasteiger charge is -2.26. The average molecular weight is 294 g/mol. The van der Waals surface area contributed by atoms with Crippen molar-refractivity contribution in [1.82, 2.24) is 10.2 Å². The predicted molar refractivity (Wildman–Crippen MR) is 79.6 cm³/mol. The third-order valence-electron chi connectivity index (χ3n) is 4.57. The monoisotopic (exact) mass is 294 g/mol. The number of ether oxygens (including phenoxy) is 1. The van der Waals surface area contributed by atoms with Crippen molar-refractivity contribution in [2.45, 2.75) is 50.4 Å². The van der Waals surface area contributed by atoms with Crippen LogP contribution in [0.15, 0.2) is 16.8 Å². The maximum absolute atomic E-state index is 12.9. The summed E-state index contributed by atoms with van der Waals surface area (Å²) >= 11 is 1.68. The molecule has 1 aliphatic heterocycles. The molecule has 1 N–H and O–H groups in total. The Hall–Kier alpha value is -0.910. The van der Waals surface area contributed by atoms with Gasteiger partial charge in [-0.25, -0.2) is 0 Å². The molecule has 1 aromatic rings. The Morgan fingerprint density at radius 3 is 2.90 bits per heavy atom. The molecule has 0 aromatic carbocycles. The molecule has 2 heterocycles. The van der Waals surface area contributed by atoms with Crippen LogP contribution in [0.25, 0.3) is 0 Å². The molecule has 1 saturated heterocycles. The van der Waals surface area contributed by atoms with Gasteiger partial charge in [0.25, 0.3) is 0 Å². The van der Waals surface area contributed by atoms with Gasteiger partial charge in [-0.3, -0.25) is 10.1 Å². The van der Waals surface area contributed by atoms with Gasteiger partial charge < -0.3 is 9.64 Å². The Bertz CT molecular complexity index is 468. The maximum atomic E-state index is 12.9. The third-order valence-corrected chi connectivity index (χ3v) is 5.27. The van der Waals surface area contributed by atoms with Crippen molar-refractivity contribution in [3.05, 3.63) is 22.4 Å². The SMILES string of the molecule is COC(C)CN1C(=O)C2(CCCC2)NC1c1ccsc1. The molecule has 1 saturated carbocycles. The van der Waals surface area contributed by atoms with E-state index in [0.717, 1.165) is 25.7 Å². The minimum atomic E-state index is -0.319. The molecule has 110 valence electrons. The highest BCUT2D eigenvalue weighted by molar-refractivity contribution is 7.07. The van der Waals surface area contributed by atoms with E-state index in [-0.39, 0.29) is 23.7 Å². The molecule has 1 amide bonds. The minimum Gasteiger partial charge on any atom is -0.380 e. The fourth-order valence-electron chi connectivity index (χ4n) is 3.36. The van der Waals surface area contributed by atoms with Crippen molar-refractivity contribution in [2.24, 2.45) is 0 Å². The van der Waals surface area contributed by atoms with Gasteiger partial charge in [0.05, 0.1) is 11.6 Å². The molecule has 2 aliphatic rings. The van der Waals surface area contributed by atoms with E-state index in [4.69, 9.17) is 4.74 Å². The van der Waals surface area contributed by atoms with Gasteiger partial charge in [0, 0.05) is 13.7 Å². The van der Waals surface area contributed by atoms with Crippen molar-refractivity contribution >= 4 is 17.2 Å². The van der Waals surface area contributed by atoms with Gasteiger partial charge in [-0.1, -0.05) is 12.8 Å². The van der Waals surface area contributed by atoms with Gasteiger partial charge in [0.2, 0.25) is 5.91 Å². The zero-order chi connectivity index (χ0) is 14.2. The summed E-state index contributed by atoms with van der Waals surface area (Å²) in [5.41, 5.74) is 0.871. The van der Waals surface area contributed by atoms with Gasteiger partial charge in [0.15, 0.2) is 0 Å². The molecule has 4 nitrogen and oxygen atoms in total. The summed E-state index contributed by atoms with van der Waals surface area (Å²) < 4.78 is 5.36. The quantitative estimate of drug-likeness (QED) is 0.928. The molecule has 20 heavy (non-hydrogen) atoms. The number of thiophene rings is 1. The van der Waals surface area contributed by atoms with Gasteiger partial charge in [-0.2, -0.15) is 11.3 Å². The highest BCUT2D eigenvalue weighted by Gasteiger charge is 2.52. The highest BCUT2D eigenvalue weighted by atomic mass is 32.1. The van der Waals surface area contributed by atoms with E-state index in [2.05, 4.69) is 22.1 Å². The summed E-state index contributed by atoms with van der Waals surface area (Å²) in [6.45, 7) is 2.65. The van der Waals surface area contributed by atoms with Crippen LogP contribution in [-0.2, 0) is 9.53 Å². The normalized spacial score (nSPS) is 26.6. The maximum Gasteiger partial charge on any atom is 0.244 e. The molecule has 2 fully saturated rings. The van der Waals surface area contributed by atoms with Gasteiger partial charge in [0.1, 0.15) is 6.17 Å². The van der Waals surface area contributed by atoms with E-state index in [1.54, 1.807) is 18.4 Å². The molecule has 1 aliphatic carbocycles. The second-order valence-electron chi connectivity index (χ2n) is 5.90. The second-order valence-corrected chi connectivity index (χ2v) is 6.68. The Balaban J connectivity index is 1.88. The number of amides is 1. The first-order valence-electron chi connectivity index (χ1n) is 7.30. The number of nitrogens with zero attached hydrogens (tertiary/aromatic N) is 1. The summed E-state index contributed by atoms with van der Waals surface area (Å²) in [4.78, 5) is 14.9. The van der Waals surface area contributed by atoms with Gasteiger partial charge in [-0.15, -0.1) is 0 Å². The molecule has 1 spiro atoms. The lowest BCUT2D eigenvalue weighted by molar-refractivity contribution is -0.134. The largest absolute Gasteiger partial charge is 0.380 e. The minimum absolute atomic E-state index is 0.00412. The summed E-state index contributed by atoms with van der Waals surface area (Å²) in [6, 6.07) is 2.11. The first-order chi connectivity index (χ1) is 9.66. The van der Waals surface area contributed by atoms with Crippen LogP contribution in [-0.4, -0.2) is 36.1 Å². The standard InChI is InChI=1S/C15H22N2O2S/c1-11(19-2)9-17-13(12-5-8-20-10-12)16-15(14(17)18)6-3-4-7-15/h5,8,10-11,13,16H,3-4,6-7,9H2,1-2H3. The lowest BCUT2D eigenvalue weighted by atomic mass is 9.98. The third kappa shape index (κ3) is 2.28. The molecule has 2 unspecified atom stereocenters. The van der Waals surface area contributed by atoms with Crippen LogP contribution in [0.1, 0.15) is 44.3 Å². The first-order valence-corrected chi connectivity index (χ1v) is 8.24. The predicted octanol–water partition coefficient (Wildman–Crippen LogP) is 2.53. The molecule has 0 radical (unpaired) electrons. The van der Waals surface area contributed by atoms with Crippen LogP contribution >= 0.6 is 11.3 Å². The van der Waals surface area contributed by atoms with E-state index in [1.807, 2.05) is 11.8 Å². The zero-order valence-electron chi connectivity index (χ0n) is 12.1. The van der Waals surface area contributed by atoms with E-state index >= 15 is 0 Å². The molecule has 0 bridgehead atoms. The molecule has 2 atom stereocenters. The Labute approximate surface area is 124 Å². The summed E-state index contributed by atoms with van der Waals surface area (Å²) in [5, 5.41) is 7.82. The molecule has 1 aromatic heterocycles. The Morgan fingerprint density at radius 2 is 2.30 bits per heavy atom. The smallest absolute Gasteiger partial charge is 0.244 e. The van der Waals surface area contributed by atoms with E-state index in [1.165, 1.54) is 5.56 Å². The summed E-state index contributed by atoms with van der Waals surface area (Å²) in [5.74, 6) is 0.259. The fourth-order valence-corrected chi connectivity index (χ4v) is 4.04. The van der Waals surface area contributed by atoms with Crippen LogP contribution in [0.5, 0.6) is 0 Å². The van der Waals surface area contributed by atoms with Crippen LogP contribution in [0.4, 0.5) is 0 Å². The molecule has 3 rings (SSSR count). The Kier molecular flexibility index (Phi) is 3.84. The number of nitrogens with one attached hydrogen (secondary N) is 1. The van der Waals surface area contributed by atoms with Crippen LogP contribution in [0, 0.1) is 0 Å². The zero-order valence-corrected chi connectivity index (χ0v) is 12.9. The Morgan fingerprint density at radius 1 is 1.55 bits per heavy atom. The van der Waals surface area contributed by atoms with Crippen LogP contribution in [0.3, 0.4) is 0 Å². The second kappa shape index (κ2) is 5.47. The molecular formula is C15H22N2O2S. The van der Waals surface area contributed by atoms with Gasteiger partial charge >= 0.3 is 0 Å². The van der Waals surface area contributed by atoms with Crippen molar-refractivity contribution in [3.63, 3.8) is 0 Å². The van der Waals surface area contributed by atoms with Crippen molar-refractivity contribution in [3.8, 4) is 0 Å². The van der Waals surface area contributed by atoms with Crippen LogP contribution in [0.2, 0.25) is 0 Å². The number of carbonyl (C=O) groups excluding carboxylic acids is 1. The average Bonchev–Trinajstić information content (AvgIpc) is 3.16. The van der Waals surface area contributed by atoms with Crippen molar-refractivity contribution < 1.29 is 9.53 Å². The van der Waals surface area contributed by atoms with E-state index in [0.29, 0.717) is 6.54 Å². The summed E-state index contributed by atoms with van der Waals surface area (Å²) in [7, 11) is 1.70. The number of hydrogen-bond acceptors (Lipinski definition) is 4. The number of methoxy groups -OCH3 is 1. The van der Waals surface area contributed by atoms with Crippen molar-refractivity contribution in [2.75, 3.05) is 13.7 Å². The molecular weight excluding hydrogens is 272 g/mol. The van der Waals surface area contributed by atoms with Crippen molar-refractivity contribution in [1.29, 1.82) is 0 Å². The number of rotatable bonds is 4. The van der Waals surface area contributed by atoms with Gasteiger partial charge in [-0.05, 0) is 42.2 Å². The topological polar surface area (TPSA) is 41.6 Å². The number of carbonyl (C=O) groups is 1. The summed E-state index contributed by atoms with van der Waals surface area (Å²) in [6.07, 6.45) is 4.27. The highest BCUT2D eigenvalue weighted by Crippen LogP contribution is 2.41. The van der Waals surface area contributed by atoms with E-state index in [9.17, 15) is 4.79 Å². The lowest BCUT2D eigenvalue weighted by Crippen LogP contribution is -2.44. The first kappa shape index (κ1) is 14.0. The molecule has 5 heteroatoms. The number of hydrogen-bond donors (Lipinski definition) is 1.